The highest BCUT2D eigenvalue weighted by atomic mass is 16.3. The minimum Gasteiger partial charge on any atom is -0.389 e. The van der Waals surface area contributed by atoms with Gasteiger partial charge in [-0.2, -0.15) is 0 Å². The standard InChI is InChI=1S/C17H27NO/c1-4-17(5-2)10-12-18(13-11-17)16-8-6-15(7-9-16)14(3)19/h6-9,14,19H,4-5,10-13H2,1-3H3/t14-/m0/s1. The summed E-state index contributed by atoms with van der Waals surface area (Å²) in [5.74, 6) is 0. The summed E-state index contributed by atoms with van der Waals surface area (Å²) in [7, 11) is 0. The maximum atomic E-state index is 9.54. The Morgan fingerprint density at radius 3 is 2.05 bits per heavy atom. The van der Waals surface area contributed by atoms with Gasteiger partial charge in [0, 0.05) is 18.8 Å². The van der Waals surface area contributed by atoms with Crippen LogP contribution in [0.1, 0.15) is 58.1 Å². The molecule has 0 unspecified atom stereocenters. The fourth-order valence-electron chi connectivity index (χ4n) is 3.16. The number of hydrogen-bond acceptors (Lipinski definition) is 2. The molecule has 2 rings (SSSR count). The highest BCUT2D eigenvalue weighted by Crippen LogP contribution is 2.39. The molecule has 1 aliphatic heterocycles. The van der Waals surface area contributed by atoms with E-state index in [2.05, 4.69) is 30.9 Å². The molecular formula is C17H27NO. The number of rotatable bonds is 4. The lowest BCUT2D eigenvalue weighted by Gasteiger charge is -2.42. The number of hydrogen-bond donors (Lipinski definition) is 1. The van der Waals surface area contributed by atoms with Crippen molar-refractivity contribution >= 4 is 5.69 Å². The summed E-state index contributed by atoms with van der Waals surface area (Å²) < 4.78 is 0. The van der Waals surface area contributed by atoms with Gasteiger partial charge in [0.2, 0.25) is 0 Å². The first-order valence-corrected chi connectivity index (χ1v) is 7.63. The van der Waals surface area contributed by atoms with Gasteiger partial charge < -0.3 is 10.0 Å². The number of piperidine rings is 1. The van der Waals surface area contributed by atoms with Crippen molar-refractivity contribution in [2.45, 2.75) is 52.6 Å². The van der Waals surface area contributed by atoms with E-state index in [-0.39, 0.29) is 6.10 Å². The number of benzene rings is 1. The molecule has 0 bridgehead atoms. The van der Waals surface area contributed by atoms with E-state index >= 15 is 0 Å². The summed E-state index contributed by atoms with van der Waals surface area (Å²) in [5.41, 5.74) is 2.87. The predicted octanol–water partition coefficient (Wildman–Crippen LogP) is 4.15. The third-order valence-electron chi connectivity index (χ3n) is 5.06. The van der Waals surface area contributed by atoms with Crippen molar-refractivity contribution in [2.75, 3.05) is 18.0 Å². The van der Waals surface area contributed by atoms with E-state index in [0.717, 1.165) is 18.7 Å². The van der Waals surface area contributed by atoms with E-state index in [0.29, 0.717) is 5.41 Å². The molecule has 106 valence electrons. The molecule has 2 heteroatoms. The van der Waals surface area contributed by atoms with E-state index in [1.165, 1.54) is 31.4 Å². The maximum absolute atomic E-state index is 9.54. The van der Waals surface area contributed by atoms with Gasteiger partial charge >= 0.3 is 0 Å². The monoisotopic (exact) mass is 261 g/mol. The van der Waals surface area contributed by atoms with Crippen molar-refractivity contribution in [3.05, 3.63) is 29.8 Å². The molecule has 0 saturated carbocycles. The smallest absolute Gasteiger partial charge is 0.0761 e. The summed E-state index contributed by atoms with van der Waals surface area (Å²) in [5, 5.41) is 9.54. The molecule has 1 aliphatic rings. The Kier molecular flexibility index (Phi) is 4.51. The molecule has 0 aliphatic carbocycles. The number of anilines is 1. The van der Waals surface area contributed by atoms with Gasteiger partial charge in [0.05, 0.1) is 6.10 Å². The lowest BCUT2D eigenvalue weighted by Crippen LogP contribution is -2.39. The SMILES string of the molecule is CCC1(CC)CCN(c2ccc([C@H](C)O)cc2)CC1. The van der Waals surface area contributed by atoms with Gasteiger partial charge in [-0.3, -0.25) is 0 Å². The lowest BCUT2D eigenvalue weighted by atomic mass is 9.74. The van der Waals surface area contributed by atoms with Gasteiger partial charge in [0.15, 0.2) is 0 Å². The fraction of sp³-hybridized carbons (Fsp3) is 0.647. The minimum atomic E-state index is -0.372. The minimum absolute atomic E-state index is 0.372. The molecule has 1 saturated heterocycles. The molecule has 1 N–H and O–H groups in total. The average Bonchev–Trinajstić information content (AvgIpc) is 2.47. The summed E-state index contributed by atoms with van der Waals surface area (Å²) in [6.45, 7) is 8.80. The van der Waals surface area contributed by atoms with E-state index in [4.69, 9.17) is 0 Å². The molecule has 19 heavy (non-hydrogen) atoms. The van der Waals surface area contributed by atoms with Crippen LogP contribution in [0, 0.1) is 5.41 Å². The number of aliphatic hydroxyl groups excluding tert-OH is 1. The topological polar surface area (TPSA) is 23.5 Å². The number of nitrogens with zero attached hydrogens (tertiary/aromatic N) is 1. The van der Waals surface area contributed by atoms with Crippen LogP contribution < -0.4 is 4.90 Å². The van der Waals surface area contributed by atoms with E-state index in [1.807, 2.05) is 19.1 Å². The first-order valence-electron chi connectivity index (χ1n) is 7.63. The van der Waals surface area contributed by atoms with Crippen LogP contribution in [0.25, 0.3) is 0 Å². The van der Waals surface area contributed by atoms with Crippen molar-refractivity contribution in [1.29, 1.82) is 0 Å². The molecule has 0 radical (unpaired) electrons. The van der Waals surface area contributed by atoms with Crippen molar-refractivity contribution in [1.82, 2.24) is 0 Å². The molecule has 1 atom stereocenters. The van der Waals surface area contributed by atoms with Gasteiger partial charge in [-0.15, -0.1) is 0 Å². The zero-order valence-electron chi connectivity index (χ0n) is 12.5. The summed E-state index contributed by atoms with van der Waals surface area (Å²) in [4.78, 5) is 2.48. The van der Waals surface area contributed by atoms with Gasteiger partial charge in [-0.25, -0.2) is 0 Å². The Morgan fingerprint density at radius 1 is 1.11 bits per heavy atom. The van der Waals surface area contributed by atoms with E-state index in [9.17, 15) is 5.11 Å². The van der Waals surface area contributed by atoms with Crippen LogP contribution in [0.15, 0.2) is 24.3 Å². The lowest BCUT2D eigenvalue weighted by molar-refractivity contribution is 0.198. The Labute approximate surface area is 117 Å². The summed E-state index contributed by atoms with van der Waals surface area (Å²) >= 11 is 0. The molecule has 0 spiro atoms. The second-order valence-corrected chi connectivity index (χ2v) is 5.96. The van der Waals surface area contributed by atoms with Gasteiger partial charge in [-0.1, -0.05) is 38.8 Å². The van der Waals surface area contributed by atoms with Gasteiger partial charge in [-0.05, 0) is 42.9 Å². The van der Waals surface area contributed by atoms with Crippen LogP contribution in [0.5, 0.6) is 0 Å². The molecule has 0 aromatic heterocycles. The maximum Gasteiger partial charge on any atom is 0.0761 e. The Hall–Kier alpha value is -1.02. The van der Waals surface area contributed by atoms with Crippen LogP contribution in [-0.2, 0) is 0 Å². The summed E-state index contributed by atoms with van der Waals surface area (Å²) in [6.07, 6.45) is 4.84. The van der Waals surface area contributed by atoms with Crippen LogP contribution in [0.3, 0.4) is 0 Å². The first kappa shape index (κ1) is 14.4. The molecule has 1 aromatic rings. The molecule has 2 nitrogen and oxygen atoms in total. The van der Waals surface area contributed by atoms with Crippen molar-refractivity contribution in [3.8, 4) is 0 Å². The van der Waals surface area contributed by atoms with Crippen molar-refractivity contribution in [2.24, 2.45) is 5.41 Å². The van der Waals surface area contributed by atoms with Crippen molar-refractivity contribution in [3.63, 3.8) is 0 Å². The zero-order valence-corrected chi connectivity index (χ0v) is 12.5. The molecule has 1 heterocycles. The molecular weight excluding hydrogens is 234 g/mol. The van der Waals surface area contributed by atoms with E-state index < -0.39 is 0 Å². The first-order chi connectivity index (χ1) is 9.10. The largest absolute Gasteiger partial charge is 0.389 e. The Morgan fingerprint density at radius 2 is 1.63 bits per heavy atom. The second kappa shape index (κ2) is 5.96. The summed E-state index contributed by atoms with van der Waals surface area (Å²) in [6, 6.07) is 8.38. The van der Waals surface area contributed by atoms with Crippen LogP contribution >= 0.6 is 0 Å². The van der Waals surface area contributed by atoms with Crippen LogP contribution in [0.4, 0.5) is 5.69 Å². The highest BCUT2D eigenvalue weighted by molar-refractivity contribution is 5.48. The highest BCUT2D eigenvalue weighted by Gasteiger charge is 2.31. The molecule has 0 amide bonds. The predicted molar refractivity (Wildman–Crippen MR) is 81.5 cm³/mol. The third kappa shape index (κ3) is 3.11. The Balaban J connectivity index is 2.01. The quantitative estimate of drug-likeness (QED) is 0.880. The van der Waals surface area contributed by atoms with Gasteiger partial charge in [0.25, 0.3) is 0 Å². The normalized spacial score (nSPS) is 20.3. The average molecular weight is 261 g/mol. The number of aliphatic hydroxyl groups is 1. The fourth-order valence-corrected chi connectivity index (χ4v) is 3.16. The Bertz CT molecular complexity index is 382. The van der Waals surface area contributed by atoms with Crippen LogP contribution in [-0.4, -0.2) is 18.2 Å². The van der Waals surface area contributed by atoms with Gasteiger partial charge in [0.1, 0.15) is 0 Å². The molecule has 1 aromatic carbocycles. The second-order valence-electron chi connectivity index (χ2n) is 5.96. The zero-order chi connectivity index (χ0) is 13.9. The van der Waals surface area contributed by atoms with Crippen molar-refractivity contribution < 1.29 is 5.11 Å². The third-order valence-corrected chi connectivity index (χ3v) is 5.06. The molecule has 1 fully saturated rings. The van der Waals surface area contributed by atoms with E-state index in [1.54, 1.807) is 0 Å². The van der Waals surface area contributed by atoms with Crippen LogP contribution in [0.2, 0.25) is 0 Å².